The number of amides is 1. The van der Waals surface area contributed by atoms with Crippen molar-refractivity contribution in [1.29, 1.82) is 0 Å². The first-order valence-corrected chi connectivity index (χ1v) is 8.91. The van der Waals surface area contributed by atoms with Crippen molar-refractivity contribution in [2.45, 2.75) is 32.0 Å². The number of fused-ring (bicyclic) bond motifs is 1. The number of carbonyl (C=O) groups is 2. The van der Waals surface area contributed by atoms with Crippen LogP contribution in [0.2, 0.25) is 0 Å². The second kappa shape index (κ2) is 7.69. The molecule has 0 spiro atoms. The van der Waals surface area contributed by atoms with Crippen molar-refractivity contribution in [3.05, 3.63) is 42.0 Å². The van der Waals surface area contributed by atoms with Gasteiger partial charge in [0.1, 0.15) is 17.9 Å². The lowest BCUT2D eigenvalue weighted by Gasteiger charge is -2.30. The van der Waals surface area contributed by atoms with Gasteiger partial charge in [0.05, 0.1) is 0 Å². The maximum Gasteiger partial charge on any atom is 0.406 e. The van der Waals surface area contributed by atoms with E-state index in [1.54, 1.807) is 37.3 Å². The molecule has 8 heteroatoms. The molecule has 150 valence electrons. The van der Waals surface area contributed by atoms with Gasteiger partial charge in [0.2, 0.25) is 0 Å². The molecule has 1 amide bonds. The Kier molecular flexibility index (Phi) is 5.49. The first kappa shape index (κ1) is 20.0. The second-order valence-corrected chi connectivity index (χ2v) is 6.97. The fourth-order valence-electron chi connectivity index (χ4n) is 3.19. The van der Waals surface area contributed by atoms with E-state index in [2.05, 4.69) is 0 Å². The highest BCUT2D eigenvalue weighted by Gasteiger charge is 2.40. The monoisotopic (exact) mass is 395 g/mol. The Morgan fingerprint density at radius 3 is 2.54 bits per heavy atom. The van der Waals surface area contributed by atoms with Gasteiger partial charge in [-0.25, -0.2) is 4.79 Å². The van der Waals surface area contributed by atoms with Crippen LogP contribution in [0.15, 0.2) is 36.4 Å². The molecule has 1 saturated carbocycles. The summed E-state index contributed by atoms with van der Waals surface area (Å²) < 4.78 is 43.4. The van der Waals surface area contributed by atoms with Gasteiger partial charge >= 0.3 is 12.1 Å². The van der Waals surface area contributed by atoms with E-state index in [1.807, 2.05) is 0 Å². The lowest BCUT2D eigenvalue weighted by Crippen LogP contribution is -2.47. The SMILES string of the molecule is C[C@@H](C1CC1)N(CC(F)(F)F)C(=O)COC(=O)c1ccc2ccccc2c1O. The second-order valence-electron chi connectivity index (χ2n) is 6.97. The molecule has 5 nitrogen and oxygen atoms in total. The van der Waals surface area contributed by atoms with E-state index < -0.39 is 37.2 Å². The quantitative estimate of drug-likeness (QED) is 0.754. The van der Waals surface area contributed by atoms with Crippen molar-refractivity contribution in [2.75, 3.05) is 13.2 Å². The van der Waals surface area contributed by atoms with Crippen molar-refractivity contribution in [1.82, 2.24) is 4.90 Å². The number of carbonyl (C=O) groups excluding carboxylic acids is 2. The molecular weight excluding hydrogens is 375 g/mol. The summed E-state index contributed by atoms with van der Waals surface area (Å²) in [6, 6.07) is 9.21. The van der Waals surface area contributed by atoms with Gasteiger partial charge in [0.25, 0.3) is 5.91 Å². The van der Waals surface area contributed by atoms with Gasteiger partial charge < -0.3 is 14.7 Å². The lowest BCUT2D eigenvalue weighted by molar-refractivity contribution is -0.167. The smallest absolute Gasteiger partial charge is 0.406 e. The predicted octanol–water partition coefficient (Wildman–Crippen LogP) is 3.89. The minimum atomic E-state index is -4.54. The highest BCUT2D eigenvalue weighted by molar-refractivity contribution is 6.01. The van der Waals surface area contributed by atoms with E-state index in [1.165, 1.54) is 6.07 Å². The standard InChI is InChI=1S/C20H20F3NO4/c1-12(13-6-7-13)24(11-20(21,22)23)17(25)10-28-19(27)16-9-8-14-4-2-3-5-15(14)18(16)26/h2-5,8-9,12-13,26H,6-7,10-11H2,1H3/t12-/m0/s1. The number of alkyl halides is 3. The van der Waals surface area contributed by atoms with Crippen LogP contribution < -0.4 is 0 Å². The molecule has 0 aliphatic heterocycles. The third-order valence-corrected chi connectivity index (χ3v) is 4.91. The fourth-order valence-corrected chi connectivity index (χ4v) is 3.19. The minimum Gasteiger partial charge on any atom is -0.506 e. The summed E-state index contributed by atoms with van der Waals surface area (Å²) in [5.74, 6) is -2.14. The zero-order chi connectivity index (χ0) is 20.5. The van der Waals surface area contributed by atoms with Gasteiger partial charge in [-0.2, -0.15) is 13.2 Å². The van der Waals surface area contributed by atoms with Crippen molar-refractivity contribution >= 4 is 22.6 Å². The molecule has 0 radical (unpaired) electrons. The highest BCUT2D eigenvalue weighted by Crippen LogP contribution is 2.36. The average molecular weight is 395 g/mol. The lowest BCUT2D eigenvalue weighted by atomic mass is 10.1. The van der Waals surface area contributed by atoms with Crippen LogP contribution in [-0.4, -0.2) is 47.3 Å². The largest absolute Gasteiger partial charge is 0.506 e. The number of hydrogen-bond acceptors (Lipinski definition) is 4. The number of ether oxygens (including phenoxy) is 1. The van der Waals surface area contributed by atoms with E-state index >= 15 is 0 Å². The molecular formula is C20H20F3NO4. The highest BCUT2D eigenvalue weighted by atomic mass is 19.4. The van der Waals surface area contributed by atoms with Crippen LogP contribution in [-0.2, 0) is 9.53 Å². The topological polar surface area (TPSA) is 66.8 Å². The maximum absolute atomic E-state index is 12.8. The van der Waals surface area contributed by atoms with Crippen molar-refractivity contribution in [3.63, 3.8) is 0 Å². The number of phenols is 1. The molecule has 1 fully saturated rings. The Hall–Kier alpha value is -2.77. The van der Waals surface area contributed by atoms with Crippen molar-refractivity contribution in [2.24, 2.45) is 5.92 Å². The summed E-state index contributed by atoms with van der Waals surface area (Å²) in [6.07, 6.45) is -3.00. The summed E-state index contributed by atoms with van der Waals surface area (Å²) in [5.41, 5.74) is -0.149. The third-order valence-electron chi connectivity index (χ3n) is 4.91. The van der Waals surface area contributed by atoms with E-state index in [4.69, 9.17) is 4.74 Å². The fraction of sp³-hybridized carbons (Fsp3) is 0.400. The third kappa shape index (κ3) is 4.55. The predicted molar refractivity (Wildman–Crippen MR) is 95.8 cm³/mol. The van der Waals surface area contributed by atoms with E-state index in [0.29, 0.717) is 15.7 Å². The van der Waals surface area contributed by atoms with Crippen LogP contribution in [0.25, 0.3) is 10.8 Å². The Morgan fingerprint density at radius 1 is 1.21 bits per heavy atom. The normalized spacial score (nSPS) is 15.3. The number of phenolic OH excluding ortho intramolecular Hbond substituents is 1. The number of hydrogen-bond donors (Lipinski definition) is 1. The molecule has 1 N–H and O–H groups in total. The first-order chi connectivity index (χ1) is 13.2. The minimum absolute atomic E-state index is 0.0338. The van der Waals surface area contributed by atoms with Gasteiger partial charge in [0, 0.05) is 11.4 Å². The Balaban J connectivity index is 1.70. The summed E-state index contributed by atoms with van der Waals surface area (Å²) in [6.45, 7) is -0.640. The van der Waals surface area contributed by atoms with Crippen LogP contribution in [0.4, 0.5) is 13.2 Å². The molecule has 1 aliphatic carbocycles. The number of aromatic hydroxyl groups is 1. The molecule has 0 unspecified atom stereocenters. The molecule has 28 heavy (non-hydrogen) atoms. The first-order valence-electron chi connectivity index (χ1n) is 8.91. The van der Waals surface area contributed by atoms with Crippen molar-refractivity contribution in [3.8, 4) is 5.75 Å². The number of rotatable bonds is 6. The molecule has 1 aliphatic rings. The van der Waals surface area contributed by atoms with Crippen LogP contribution >= 0.6 is 0 Å². The van der Waals surface area contributed by atoms with Crippen LogP contribution in [0.3, 0.4) is 0 Å². The van der Waals surface area contributed by atoms with Crippen molar-refractivity contribution < 1.29 is 32.6 Å². The molecule has 0 saturated heterocycles. The molecule has 0 bridgehead atoms. The van der Waals surface area contributed by atoms with Crippen LogP contribution in [0.5, 0.6) is 5.75 Å². The van der Waals surface area contributed by atoms with Gasteiger partial charge in [-0.05, 0) is 37.1 Å². The Morgan fingerprint density at radius 2 is 1.89 bits per heavy atom. The van der Waals surface area contributed by atoms with Crippen LogP contribution in [0, 0.1) is 5.92 Å². The van der Waals surface area contributed by atoms with E-state index in [-0.39, 0.29) is 17.2 Å². The Labute approximate surface area is 159 Å². The zero-order valence-corrected chi connectivity index (χ0v) is 15.2. The number of halogens is 3. The number of nitrogens with zero attached hydrogens (tertiary/aromatic N) is 1. The molecule has 0 aromatic heterocycles. The van der Waals surface area contributed by atoms with Gasteiger partial charge in [-0.3, -0.25) is 4.79 Å². The maximum atomic E-state index is 12.8. The molecule has 2 aromatic carbocycles. The summed E-state index contributed by atoms with van der Waals surface area (Å²) >= 11 is 0. The Bertz CT molecular complexity index is 893. The van der Waals surface area contributed by atoms with E-state index in [9.17, 15) is 27.9 Å². The number of esters is 1. The van der Waals surface area contributed by atoms with Gasteiger partial charge in [-0.15, -0.1) is 0 Å². The van der Waals surface area contributed by atoms with Crippen LogP contribution in [0.1, 0.15) is 30.1 Å². The average Bonchev–Trinajstić information content (AvgIpc) is 3.48. The van der Waals surface area contributed by atoms with Gasteiger partial charge in [0.15, 0.2) is 6.61 Å². The summed E-state index contributed by atoms with van der Waals surface area (Å²) in [7, 11) is 0. The summed E-state index contributed by atoms with van der Waals surface area (Å²) in [4.78, 5) is 25.3. The molecule has 2 aromatic rings. The van der Waals surface area contributed by atoms with Gasteiger partial charge in [-0.1, -0.05) is 30.3 Å². The molecule has 1 atom stereocenters. The zero-order valence-electron chi connectivity index (χ0n) is 15.2. The summed E-state index contributed by atoms with van der Waals surface area (Å²) in [5, 5.41) is 11.4. The molecule has 0 heterocycles. The molecule has 3 rings (SSSR count). The number of benzene rings is 2. The van der Waals surface area contributed by atoms with E-state index in [0.717, 1.165) is 12.8 Å².